The lowest BCUT2D eigenvalue weighted by atomic mass is 9.95. The molecule has 30 heavy (non-hydrogen) atoms. The Balaban J connectivity index is 1.41. The van der Waals surface area contributed by atoms with Gasteiger partial charge in [0.25, 0.3) is 0 Å². The normalized spacial score (nSPS) is 14.9. The van der Waals surface area contributed by atoms with E-state index in [2.05, 4.69) is 5.32 Å². The molecule has 1 aromatic carbocycles. The minimum absolute atomic E-state index is 0.154. The Morgan fingerprint density at radius 2 is 1.93 bits per heavy atom. The van der Waals surface area contributed by atoms with Gasteiger partial charge in [-0.2, -0.15) is 0 Å². The van der Waals surface area contributed by atoms with Crippen molar-refractivity contribution in [2.24, 2.45) is 0 Å². The van der Waals surface area contributed by atoms with Crippen molar-refractivity contribution >= 4 is 28.2 Å². The Morgan fingerprint density at radius 1 is 1.17 bits per heavy atom. The Labute approximate surface area is 179 Å². The lowest BCUT2D eigenvalue weighted by molar-refractivity contribution is -0.117. The van der Waals surface area contributed by atoms with E-state index in [-0.39, 0.29) is 18.4 Å². The van der Waals surface area contributed by atoms with E-state index in [1.165, 1.54) is 23.3 Å². The van der Waals surface area contributed by atoms with E-state index < -0.39 is 0 Å². The number of hydrogen-bond acceptors (Lipinski definition) is 7. The van der Waals surface area contributed by atoms with Gasteiger partial charge in [-0.3, -0.25) is 9.69 Å². The average molecular weight is 431 g/mol. The molecule has 0 unspecified atom stereocenters. The molecule has 1 aliphatic heterocycles. The Morgan fingerprint density at radius 3 is 2.73 bits per heavy atom. The van der Waals surface area contributed by atoms with Crippen LogP contribution in [0.3, 0.4) is 0 Å². The number of benzene rings is 1. The molecule has 160 valence electrons. The molecule has 0 bridgehead atoms. The van der Waals surface area contributed by atoms with Crippen molar-refractivity contribution < 1.29 is 23.8 Å². The third-order valence-electron chi connectivity index (χ3n) is 5.29. The number of nitrogens with one attached hydrogen (secondary N) is 1. The van der Waals surface area contributed by atoms with Crippen molar-refractivity contribution in [1.29, 1.82) is 0 Å². The zero-order valence-corrected chi connectivity index (χ0v) is 18.1. The maximum absolute atomic E-state index is 12.7. The van der Waals surface area contributed by atoms with Gasteiger partial charge in [-0.1, -0.05) is 6.07 Å². The van der Waals surface area contributed by atoms with E-state index in [4.69, 9.17) is 14.2 Å². The molecule has 4 rings (SSSR count). The summed E-state index contributed by atoms with van der Waals surface area (Å²) < 4.78 is 16.1. The smallest absolute Gasteiger partial charge is 0.341 e. The first-order valence-corrected chi connectivity index (χ1v) is 11.0. The molecule has 8 heteroatoms. The van der Waals surface area contributed by atoms with Gasteiger partial charge >= 0.3 is 5.97 Å². The molecule has 1 aromatic heterocycles. The second kappa shape index (κ2) is 9.06. The summed E-state index contributed by atoms with van der Waals surface area (Å²) >= 11 is 1.50. The first kappa shape index (κ1) is 20.7. The number of fused-ring (bicyclic) bond motifs is 2. The SMILES string of the molecule is COC(=O)c1c(NC(=O)CN(C)Cc2ccc3c(c2)OCCO3)sc2c1CCCC2. The van der Waals surface area contributed by atoms with Gasteiger partial charge < -0.3 is 19.5 Å². The van der Waals surface area contributed by atoms with Crippen molar-refractivity contribution in [3.05, 3.63) is 39.8 Å². The molecule has 0 spiro atoms. The van der Waals surface area contributed by atoms with E-state index in [9.17, 15) is 9.59 Å². The van der Waals surface area contributed by atoms with Crippen LogP contribution in [0.4, 0.5) is 5.00 Å². The lowest BCUT2D eigenvalue weighted by Gasteiger charge is -2.21. The minimum atomic E-state index is -0.380. The zero-order chi connectivity index (χ0) is 21.1. The standard InChI is InChI=1S/C22H26N2O5S/c1-24(12-14-7-8-16-17(11-14)29-10-9-28-16)13-19(25)23-21-20(22(26)27-2)15-5-3-4-6-18(15)30-21/h7-8,11H,3-6,9-10,12-13H2,1-2H3,(H,23,25). The second-order valence-corrected chi connectivity index (χ2v) is 8.71. The topological polar surface area (TPSA) is 77.1 Å². The largest absolute Gasteiger partial charge is 0.486 e. The fourth-order valence-corrected chi connectivity index (χ4v) is 5.23. The molecule has 0 saturated carbocycles. The van der Waals surface area contributed by atoms with Crippen LogP contribution in [-0.2, 0) is 28.9 Å². The van der Waals surface area contributed by atoms with Gasteiger partial charge in [0, 0.05) is 11.4 Å². The highest BCUT2D eigenvalue weighted by Crippen LogP contribution is 2.38. The molecular weight excluding hydrogens is 404 g/mol. The van der Waals surface area contributed by atoms with Gasteiger partial charge in [-0.25, -0.2) is 4.79 Å². The number of amides is 1. The van der Waals surface area contributed by atoms with E-state index >= 15 is 0 Å². The summed E-state index contributed by atoms with van der Waals surface area (Å²) in [6.45, 7) is 1.90. The summed E-state index contributed by atoms with van der Waals surface area (Å²) in [6, 6.07) is 5.83. The molecule has 0 saturated heterocycles. The molecule has 1 amide bonds. The molecule has 2 heterocycles. The van der Waals surface area contributed by atoms with Gasteiger partial charge in [0.15, 0.2) is 11.5 Å². The average Bonchev–Trinajstić information content (AvgIpc) is 3.10. The van der Waals surface area contributed by atoms with Crippen LogP contribution in [-0.4, -0.2) is 50.7 Å². The first-order valence-electron chi connectivity index (χ1n) is 10.1. The minimum Gasteiger partial charge on any atom is -0.486 e. The monoisotopic (exact) mass is 430 g/mol. The van der Waals surface area contributed by atoms with Crippen molar-refractivity contribution in [3.8, 4) is 11.5 Å². The molecule has 7 nitrogen and oxygen atoms in total. The summed E-state index contributed by atoms with van der Waals surface area (Å²) in [4.78, 5) is 28.1. The number of hydrogen-bond donors (Lipinski definition) is 1. The van der Waals surface area contributed by atoms with Crippen LogP contribution < -0.4 is 14.8 Å². The van der Waals surface area contributed by atoms with Gasteiger partial charge in [0.2, 0.25) is 5.91 Å². The highest BCUT2D eigenvalue weighted by atomic mass is 32.1. The van der Waals surface area contributed by atoms with Gasteiger partial charge in [0.05, 0.1) is 19.2 Å². The molecule has 1 N–H and O–H groups in total. The number of nitrogens with zero attached hydrogens (tertiary/aromatic N) is 1. The van der Waals surface area contributed by atoms with Crippen LogP contribution >= 0.6 is 11.3 Å². The number of thiophene rings is 1. The number of carbonyl (C=O) groups excluding carboxylic acids is 2. The molecule has 0 fully saturated rings. The van der Waals surface area contributed by atoms with Crippen LogP contribution in [0, 0.1) is 0 Å². The summed E-state index contributed by atoms with van der Waals surface area (Å²) in [7, 11) is 3.26. The molecular formula is C22H26N2O5S. The maximum Gasteiger partial charge on any atom is 0.341 e. The number of likely N-dealkylation sites (N-methyl/N-ethyl adjacent to an activating group) is 1. The third kappa shape index (κ3) is 4.44. The first-order chi connectivity index (χ1) is 14.5. The van der Waals surface area contributed by atoms with Crippen molar-refractivity contribution in [2.75, 3.05) is 39.2 Å². The zero-order valence-electron chi connectivity index (χ0n) is 17.3. The lowest BCUT2D eigenvalue weighted by Crippen LogP contribution is -2.30. The molecule has 1 aliphatic carbocycles. The Kier molecular flexibility index (Phi) is 6.24. The molecule has 2 aliphatic rings. The highest BCUT2D eigenvalue weighted by Gasteiger charge is 2.27. The van der Waals surface area contributed by atoms with Crippen LogP contribution in [0.15, 0.2) is 18.2 Å². The Bertz CT molecular complexity index is 955. The fraction of sp³-hybridized carbons (Fsp3) is 0.455. The van der Waals surface area contributed by atoms with E-state index in [1.807, 2.05) is 30.1 Å². The van der Waals surface area contributed by atoms with Crippen molar-refractivity contribution in [2.45, 2.75) is 32.2 Å². The summed E-state index contributed by atoms with van der Waals surface area (Å²) in [5, 5.41) is 3.55. The quantitative estimate of drug-likeness (QED) is 0.709. The highest BCUT2D eigenvalue weighted by molar-refractivity contribution is 7.17. The van der Waals surface area contributed by atoms with E-state index in [0.29, 0.717) is 30.3 Å². The van der Waals surface area contributed by atoms with Crippen molar-refractivity contribution in [1.82, 2.24) is 4.90 Å². The van der Waals surface area contributed by atoms with Gasteiger partial charge in [-0.05, 0) is 56.0 Å². The predicted molar refractivity (Wildman–Crippen MR) is 115 cm³/mol. The van der Waals surface area contributed by atoms with Crippen LogP contribution in [0.2, 0.25) is 0 Å². The van der Waals surface area contributed by atoms with Gasteiger partial charge in [-0.15, -0.1) is 11.3 Å². The number of aryl methyl sites for hydroxylation is 1. The summed E-state index contributed by atoms with van der Waals surface area (Å²) in [5.41, 5.74) is 2.61. The van der Waals surface area contributed by atoms with E-state index in [0.717, 1.165) is 48.3 Å². The molecule has 2 aromatic rings. The third-order valence-corrected chi connectivity index (χ3v) is 6.49. The number of methoxy groups -OCH3 is 1. The number of anilines is 1. The maximum atomic E-state index is 12.7. The number of esters is 1. The second-order valence-electron chi connectivity index (χ2n) is 7.61. The number of ether oxygens (including phenoxy) is 3. The van der Waals surface area contributed by atoms with Crippen LogP contribution in [0.1, 0.15) is 39.2 Å². The number of carbonyl (C=O) groups is 2. The van der Waals surface area contributed by atoms with Crippen molar-refractivity contribution in [3.63, 3.8) is 0 Å². The van der Waals surface area contributed by atoms with Crippen LogP contribution in [0.25, 0.3) is 0 Å². The van der Waals surface area contributed by atoms with Gasteiger partial charge in [0.1, 0.15) is 18.2 Å². The number of rotatable bonds is 6. The van der Waals surface area contributed by atoms with Crippen LogP contribution in [0.5, 0.6) is 11.5 Å². The fourth-order valence-electron chi connectivity index (χ4n) is 3.94. The molecule has 0 radical (unpaired) electrons. The van der Waals surface area contributed by atoms with E-state index in [1.54, 1.807) is 0 Å². The summed E-state index contributed by atoms with van der Waals surface area (Å²) in [5.74, 6) is 0.957. The Hall–Kier alpha value is -2.58. The molecule has 0 atom stereocenters. The summed E-state index contributed by atoms with van der Waals surface area (Å²) in [6.07, 6.45) is 3.97. The predicted octanol–water partition coefficient (Wildman–Crippen LogP) is 3.26.